The van der Waals surface area contributed by atoms with Gasteiger partial charge in [0.15, 0.2) is 5.96 Å². The van der Waals surface area contributed by atoms with Crippen LogP contribution in [0.2, 0.25) is 0 Å². The van der Waals surface area contributed by atoms with Crippen LogP contribution in [0, 0.1) is 0 Å². The van der Waals surface area contributed by atoms with Gasteiger partial charge in [-0.3, -0.25) is 4.98 Å². The van der Waals surface area contributed by atoms with Gasteiger partial charge in [-0.05, 0) is 50.6 Å². The molecule has 0 fully saturated rings. The van der Waals surface area contributed by atoms with Crippen molar-refractivity contribution < 1.29 is 17.9 Å². The zero-order valence-electron chi connectivity index (χ0n) is 16.2. The Hall–Kier alpha value is -2.77. The van der Waals surface area contributed by atoms with E-state index in [2.05, 4.69) is 20.6 Å². The molecule has 2 rings (SSSR count). The summed E-state index contributed by atoms with van der Waals surface area (Å²) in [6.45, 7) is 6.30. The highest BCUT2D eigenvalue weighted by Crippen LogP contribution is 2.35. The van der Waals surface area contributed by atoms with Gasteiger partial charge in [0.25, 0.3) is 0 Å². The summed E-state index contributed by atoms with van der Waals surface area (Å²) in [5, 5.41) is 6.10. The second-order valence-electron chi connectivity index (χ2n) is 6.35. The van der Waals surface area contributed by atoms with Gasteiger partial charge in [0.2, 0.25) is 0 Å². The van der Waals surface area contributed by atoms with Crippen LogP contribution in [0.15, 0.2) is 47.6 Å². The summed E-state index contributed by atoms with van der Waals surface area (Å²) in [7, 11) is 0. The molecule has 1 aromatic heterocycles. The lowest BCUT2D eigenvalue weighted by atomic mass is 10.1. The van der Waals surface area contributed by atoms with E-state index in [0.717, 1.165) is 11.8 Å². The summed E-state index contributed by atoms with van der Waals surface area (Å²) in [4.78, 5) is 8.49. The molecule has 0 aliphatic carbocycles. The van der Waals surface area contributed by atoms with Crippen molar-refractivity contribution in [1.82, 2.24) is 15.6 Å². The van der Waals surface area contributed by atoms with Crippen LogP contribution in [0.5, 0.6) is 5.75 Å². The second-order valence-corrected chi connectivity index (χ2v) is 6.35. The number of guanidine groups is 1. The molecule has 0 aliphatic rings. The largest absolute Gasteiger partial charge is 0.491 e. The zero-order chi connectivity index (χ0) is 20.6. The number of rotatable bonds is 7. The van der Waals surface area contributed by atoms with Gasteiger partial charge < -0.3 is 15.4 Å². The van der Waals surface area contributed by atoms with Crippen molar-refractivity contribution in [3.05, 3.63) is 59.4 Å². The monoisotopic (exact) mass is 394 g/mol. The lowest BCUT2D eigenvalue weighted by Crippen LogP contribution is -2.37. The van der Waals surface area contributed by atoms with Crippen LogP contribution in [0.1, 0.15) is 37.6 Å². The van der Waals surface area contributed by atoms with Crippen LogP contribution >= 0.6 is 0 Å². The molecular weight excluding hydrogens is 369 g/mol. The molecule has 0 atom stereocenters. The lowest BCUT2D eigenvalue weighted by Gasteiger charge is -2.16. The van der Waals surface area contributed by atoms with Crippen LogP contribution in [-0.4, -0.2) is 23.6 Å². The molecule has 0 saturated carbocycles. The maximum absolute atomic E-state index is 13.5. The smallest absolute Gasteiger partial charge is 0.416 e. The van der Waals surface area contributed by atoms with E-state index in [0.29, 0.717) is 19.0 Å². The molecule has 28 heavy (non-hydrogen) atoms. The number of hydrogen-bond donors (Lipinski definition) is 2. The van der Waals surface area contributed by atoms with Crippen molar-refractivity contribution in [2.45, 2.75) is 46.1 Å². The van der Waals surface area contributed by atoms with Crippen LogP contribution in [0.3, 0.4) is 0 Å². The molecule has 152 valence electrons. The topological polar surface area (TPSA) is 58.5 Å². The Labute approximate surface area is 163 Å². The third-order valence-corrected chi connectivity index (χ3v) is 3.67. The van der Waals surface area contributed by atoms with Gasteiger partial charge >= 0.3 is 6.18 Å². The quantitative estimate of drug-likeness (QED) is 0.547. The van der Waals surface area contributed by atoms with Gasteiger partial charge in [-0.25, -0.2) is 4.99 Å². The molecule has 5 nitrogen and oxygen atoms in total. The Bertz CT molecular complexity index is 777. The first-order chi connectivity index (χ1) is 13.3. The van der Waals surface area contributed by atoms with Gasteiger partial charge in [-0.2, -0.15) is 13.2 Å². The highest BCUT2D eigenvalue weighted by atomic mass is 19.4. The van der Waals surface area contributed by atoms with E-state index in [1.54, 1.807) is 20.0 Å². The number of benzene rings is 1. The van der Waals surface area contributed by atoms with Gasteiger partial charge in [-0.1, -0.05) is 12.1 Å². The summed E-state index contributed by atoms with van der Waals surface area (Å²) in [6, 6.07) is 9.50. The van der Waals surface area contributed by atoms with Crippen molar-refractivity contribution in [1.29, 1.82) is 0 Å². The second kappa shape index (κ2) is 9.96. The van der Waals surface area contributed by atoms with E-state index in [4.69, 9.17) is 4.74 Å². The number of halogens is 3. The predicted molar refractivity (Wildman–Crippen MR) is 103 cm³/mol. The molecular formula is C20H25F3N4O. The van der Waals surface area contributed by atoms with E-state index in [9.17, 15) is 13.2 Å². The third kappa shape index (κ3) is 6.75. The standard InChI is InChI=1S/C20H25F3N4O/c1-4-24-19(27-13-16-7-5-6-10-25-16)26-12-15-8-9-17(28-14(2)3)11-18(15)20(21,22)23/h5-11,14H,4,12-13H2,1-3H3,(H2,24,26,27). The Kier molecular flexibility index (Phi) is 7.66. The zero-order valence-corrected chi connectivity index (χ0v) is 16.2. The molecule has 0 aliphatic heterocycles. The first-order valence-corrected chi connectivity index (χ1v) is 9.08. The summed E-state index contributed by atoms with van der Waals surface area (Å²) < 4.78 is 45.8. The molecule has 2 aromatic rings. The SMILES string of the molecule is CCNC(=NCc1ccc(OC(C)C)cc1C(F)(F)F)NCc1ccccn1. The Morgan fingerprint density at radius 2 is 1.96 bits per heavy atom. The van der Waals surface area contributed by atoms with E-state index in [1.165, 1.54) is 12.1 Å². The van der Waals surface area contributed by atoms with Gasteiger partial charge in [-0.15, -0.1) is 0 Å². The predicted octanol–water partition coefficient (Wildman–Crippen LogP) is 4.14. The third-order valence-electron chi connectivity index (χ3n) is 3.67. The lowest BCUT2D eigenvalue weighted by molar-refractivity contribution is -0.138. The van der Waals surface area contributed by atoms with Crippen molar-refractivity contribution in [3.63, 3.8) is 0 Å². The highest BCUT2D eigenvalue weighted by Gasteiger charge is 2.33. The number of pyridine rings is 1. The number of aromatic nitrogens is 1. The van der Waals surface area contributed by atoms with E-state index < -0.39 is 11.7 Å². The average molecular weight is 394 g/mol. The number of nitrogens with zero attached hydrogens (tertiary/aromatic N) is 2. The fourth-order valence-corrected chi connectivity index (χ4v) is 2.49. The Morgan fingerprint density at radius 1 is 1.18 bits per heavy atom. The summed E-state index contributed by atoms with van der Waals surface area (Å²) >= 11 is 0. The first-order valence-electron chi connectivity index (χ1n) is 9.08. The average Bonchev–Trinajstić information content (AvgIpc) is 2.64. The molecule has 8 heteroatoms. The molecule has 0 bridgehead atoms. The number of nitrogens with one attached hydrogen (secondary N) is 2. The molecule has 0 unspecified atom stereocenters. The minimum Gasteiger partial charge on any atom is -0.491 e. The van der Waals surface area contributed by atoms with Gasteiger partial charge in [0.05, 0.1) is 30.5 Å². The molecule has 1 heterocycles. The van der Waals surface area contributed by atoms with E-state index in [1.807, 2.05) is 25.1 Å². The van der Waals surface area contributed by atoms with Gasteiger partial charge in [0, 0.05) is 12.7 Å². The Balaban J connectivity index is 2.17. The van der Waals surface area contributed by atoms with Crippen molar-refractivity contribution in [2.24, 2.45) is 4.99 Å². The summed E-state index contributed by atoms with van der Waals surface area (Å²) in [6.07, 6.45) is -3.01. The number of alkyl halides is 3. The minimum atomic E-state index is -4.49. The normalized spacial score (nSPS) is 12.2. The minimum absolute atomic E-state index is 0.0821. The maximum Gasteiger partial charge on any atom is 0.416 e. The van der Waals surface area contributed by atoms with E-state index >= 15 is 0 Å². The van der Waals surface area contributed by atoms with Gasteiger partial charge in [0.1, 0.15) is 5.75 Å². The fraction of sp³-hybridized carbons (Fsp3) is 0.400. The molecule has 2 N–H and O–H groups in total. The number of ether oxygens (including phenoxy) is 1. The first kappa shape index (κ1) is 21.5. The number of aliphatic imine (C=N–C) groups is 1. The molecule has 1 aromatic carbocycles. The summed E-state index contributed by atoms with van der Waals surface area (Å²) in [5.41, 5.74) is 0.146. The van der Waals surface area contributed by atoms with Crippen LogP contribution in [-0.2, 0) is 19.3 Å². The molecule has 0 amide bonds. The summed E-state index contributed by atoms with van der Waals surface area (Å²) in [5.74, 6) is 0.610. The highest BCUT2D eigenvalue weighted by molar-refractivity contribution is 5.79. The van der Waals surface area contributed by atoms with Crippen LogP contribution in [0.25, 0.3) is 0 Å². The van der Waals surface area contributed by atoms with Crippen LogP contribution in [0.4, 0.5) is 13.2 Å². The van der Waals surface area contributed by atoms with E-state index in [-0.39, 0.29) is 24.0 Å². The van der Waals surface area contributed by atoms with Crippen molar-refractivity contribution in [2.75, 3.05) is 6.54 Å². The fourth-order valence-electron chi connectivity index (χ4n) is 2.49. The molecule has 0 saturated heterocycles. The Morgan fingerprint density at radius 3 is 2.57 bits per heavy atom. The number of hydrogen-bond acceptors (Lipinski definition) is 3. The van der Waals surface area contributed by atoms with Crippen molar-refractivity contribution in [3.8, 4) is 5.75 Å². The molecule has 0 spiro atoms. The molecule has 0 radical (unpaired) electrons. The van der Waals surface area contributed by atoms with Crippen LogP contribution < -0.4 is 15.4 Å². The maximum atomic E-state index is 13.5. The van der Waals surface area contributed by atoms with Crippen molar-refractivity contribution >= 4 is 5.96 Å².